The molecule has 4 aromatic rings. The maximum Gasteiger partial charge on any atom is 0.283 e. The molecule has 25 heavy (non-hydrogen) atoms. The third-order valence-corrected chi connectivity index (χ3v) is 4.30. The fraction of sp³-hybridized carbons (Fsp3) is 0.0588. The second-order valence-corrected chi connectivity index (χ2v) is 6.37. The lowest BCUT2D eigenvalue weighted by molar-refractivity contribution is 0.627. The van der Waals surface area contributed by atoms with Crippen LogP contribution >= 0.6 is 15.9 Å². The smallest absolute Gasteiger partial charge is 0.283 e. The van der Waals surface area contributed by atoms with E-state index in [4.69, 9.17) is 0 Å². The zero-order valence-corrected chi connectivity index (χ0v) is 14.4. The molecule has 0 aliphatic carbocycles. The molecule has 8 heteroatoms. The van der Waals surface area contributed by atoms with Crippen molar-refractivity contribution in [1.29, 1.82) is 0 Å². The van der Waals surface area contributed by atoms with Crippen molar-refractivity contribution in [2.75, 3.05) is 0 Å². The highest BCUT2D eigenvalue weighted by atomic mass is 79.9. The van der Waals surface area contributed by atoms with Gasteiger partial charge in [-0.1, -0.05) is 33.3 Å². The molecule has 0 aliphatic rings. The van der Waals surface area contributed by atoms with E-state index in [-0.39, 0.29) is 16.9 Å². The van der Waals surface area contributed by atoms with Gasteiger partial charge in [0.05, 0.1) is 12.2 Å². The third-order valence-electron chi connectivity index (χ3n) is 3.77. The summed E-state index contributed by atoms with van der Waals surface area (Å²) in [6.07, 6.45) is 1.47. The number of hydrogen-bond donors (Lipinski definition) is 0. The van der Waals surface area contributed by atoms with E-state index >= 15 is 0 Å². The molecule has 124 valence electrons. The Bertz CT molecular complexity index is 1100. The van der Waals surface area contributed by atoms with Crippen LogP contribution in [0.25, 0.3) is 16.9 Å². The van der Waals surface area contributed by atoms with Gasteiger partial charge in [0.25, 0.3) is 5.56 Å². The summed E-state index contributed by atoms with van der Waals surface area (Å²) in [6.45, 7) is 0.387. The number of rotatable bonds is 3. The molecule has 0 amide bonds. The lowest BCUT2D eigenvalue weighted by Crippen LogP contribution is -2.21. The topological polar surface area (TPSA) is 65.6 Å². The summed E-state index contributed by atoms with van der Waals surface area (Å²) < 4.78 is 16.9. The predicted octanol–water partition coefficient (Wildman–Crippen LogP) is 2.93. The lowest BCUT2D eigenvalue weighted by Gasteiger charge is -2.06. The molecule has 0 N–H and O–H groups in total. The van der Waals surface area contributed by atoms with Gasteiger partial charge in [0, 0.05) is 4.47 Å². The van der Waals surface area contributed by atoms with Crippen molar-refractivity contribution >= 4 is 27.1 Å². The quantitative estimate of drug-likeness (QED) is 0.531. The Morgan fingerprint density at radius 3 is 2.48 bits per heavy atom. The average molecular weight is 400 g/mol. The first-order chi connectivity index (χ1) is 12.1. The van der Waals surface area contributed by atoms with Crippen LogP contribution in [-0.2, 0) is 6.54 Å². The molecular weight excluding hydrogens is 389 g/mol. The Hall–Kier alpha value is -2.87. The molecule has 2 heterocycles. The minimum Gasteiger partial charge on any atom is -0.293 e. The van der Waals surface area contributed by atoms with Gasteiger partial charge < -0.3 is 0 Å². The van der Waals surface area contributed by atoms with Crippen molar-refractivity contribution in [2.24, 2.45) is 0 Å². The molecule has 0 saturated carbocycles. The van der Waals surface area contributed by atoms with Crippen LogP contribution in [0.15, 0.2) is 64.1 Å². The van der Waals surface area contributed by atoms with Crippen molar-refractivity contribution < 1.29 is 4.39 Å². The molecule has 0 saturated heterocycles. The second-order valence-electron chi connectivity index (χ2n) is 5.45. The maximum absolute atomic E-state index is 13.1. The van der Waals surface area contributed by atoms with Crippen LogP contribution in [0.1, 0.15) is 5.56 Å². The van der Waals surface area contributed by atoms with Gasteiger partial charge in [-0.25, -0.2) is 9.37 Å². The number of nitrogens with zero attached hydrogens (tertiary/aromatic N) is 5. The van der Waals surface area contributed by atoms with Crippen molar-refractivity contribution in [1.82, 2.24) is 24.5 Å². The molecule has 6 nitrogen and oxygen atoms in total. The largest absolute Gasteiger partial charge is 0.293 e. The van der Waals surface area contributed by atoms with Gasteiger partial charge in [-0.2, -0.15) is 4.68 Å². The number of benzene rings is 2. The van der Waals surface area contributed by atoms with Crippen molar-refractivity contribution in [2.45, 2.75) is 6.54 Å². The van der Waals surface area contributed by atoms with E-state index in [1.165, 1.54) is 27.7 Å². The standard InChI is InChI=1S/C17H11BrFN5O/c18-12-3-1-11(2-4-12)9-23-10-20-16-15(17(23)25)21-22-24(16)14-7-5-13(19)6-8-14/h1-8,10H,9H2. The van der Waals surface area contributed by atoms with Crippen LogP contribution in [-0.4, -0.2) is 24.5 Å². The first-order valence-electron chi connectivity index (χ1n) is 7.43. The molecule has 0 atom stereocenters. The molecule has 2 aromatic carbocycles. The van der Waals surface area contributed by atoms with Crippen molar-refractivity contribution in [3.05, 3.63) is 81.1 Å². The van der Waals surface area contributed by atoms with Crippen LogP contribution in [0.2, 0.25) is 0 Å². The van der Waals surface area contributed by atoms with Gasteiger partial charge in [-0.15, -0.1) is 5.10 Å². The van der Waals surface area contributed by atoms with Crippen LogP contribution in [0, 0.1) is 5.82 Å². The molecule has 0 bridgehead atoms. The number of aromatic nitrogens is 5. The van der Waals surface area contributed by atoms with Crippen molar-refractivity contribution in [3.63, 3.8) is 0 Å². The number of fused-ring (bicyclic) bond motifs is 1. The number of halogens is 2. The van der Waals surface area contributed by atoms with Gasteiger partial charge in [0.2, 0.25) is 0 Å². The van der Waals surface area contributed by atoms with Gasteiger partial charge in [0.1, 0.15) is 12.1 Å². The van der Waals surface area contributed by atoms with Gasteiger partial charge >= 0.3 is 0 Å². The number of hydrogen-bond acceptors (Lipinski definition) is 4. The summed E-state index contributed by atoms with van der Waals surface area (Å²) in [6, 6.07) is 13.4. The molecule has 0 unspecified atom stereocenters. The first-order valence-corrected chi connectivity index (χ1v) is 8.22. The van der Waals surface area contributed by atoms with Crippen LogP contribution in [0.5, 0.6) is 0 Å². The molecular formula is C17H11BrFN5O. The highest BCUT2D eigenvalue weighted by Crippen LogP contribution is 2.14. The minimum absolute atomic E-state index is 0.170. The van der Waals surface area contributed by atoms with Crippen LogP contribution in [0.4, 0.5) is 4.39 Å². The summed E-state index contributed by atoms with van der Waals surface area (Å²) in [4.78, 5) is 16.9. The predicted molar refractivity (Wildman–Crippen MR) is 94.1 cm³/mol. The third kappa shape index (κ3) is 2.96. The molecule has 0 aliphatic heterocycles. The lowest BCUT2D eigenvalue weighted by atomic mass is 10.2. The van der Waals surface area contributed by atoms with E-state index in [9.17, 15) is 9.18 Å². The van der Waals surface area contributed by atoms with Crippen LogP contribution in [0.3, 0.4) is 0 Å². The highest BCUT2D eigenvalue weighted by Gasteiger charge is 2.13. The molecule has 4 rings (SSSR count). The van der Waals surface area contributed by atoms with E-state index in [2.05, 4.69) is 31.2 Å². The second kappa shape index (κ2) is 6.21. The van der Waals surface area contributed by atoms with Gasteiger partial charge in [-0.05, 0) is 42.0 Å². The minimum atomic E-state index is -0.349. The Morgan fingerprint density at radius 1 is 1.04 bits per heavy atom. The van der Waals surface area contributed by atoms with E-state index in [0.717, 1.165) is 10.0 Å². The van der Waals surface area contributed by atoms with E-state index < -0.39 is 0 Å². The van der Waals surface area contributed by atoms with E-state index in [1.54, 1.807) is 12.1 Å². The van der Waals surface area contributed by atoms with Gasteiger partial charge in [-0.3, -0.25) is 9.36 Å². The Kier molecular flexibility index (Phi) is 3.89. The highest BCUT2D eigenvalue weighted by molar-refractivity contribution is 9.10. The van der Waals surface area contributed by atoms with Gasteiger partial charge in [0.15, 0.2) is 11.2 Å². The Morgan fingerprint density at radius 2 is 1.76 bits per heavy atom. The molecule has 0 fully saturated rings. The summed E-state index contributed by atoms with van der Waals surface area (Å²) in [5.74, 6) is -0.349. The van der Waals surface area contributed by atoms with E-state index in [1.807, 2.05) is 24.3 Å². The summed E-state index contributed by atoms with van der Waals surface area (Å²) in [7, 11) is 0. The van der Waals surface area contributed by atoms with Crippen molar-refractivity contribution in [3.8, 4) is 5.69 Å². The first kappa shape index (κ1) is 15.6. The fourth-order valence-corrected chi connectivity index (χ4v) is 2.76. The molecule has 0 spiro atoms. The SMILES string of the molecule is O=c1c2nnn(-c3ccc(F)cc3)c2ncn1Cc1ccc(Br)cc1. The van der Waals surface area contributed by atoms with E-state index in [0.29, 0.717) is 17.9 Å². The molecule has 0 radical (unpaired) electrons. The fourth-order valence-electron chi connectivity index (χ4n) is 2.50. The maximum atomic E-state index is 13.1. The zero-order valence-electron chi connectivity index (χ0n) is 12.8. The summed E-state index contributed by atoms with van der Waals surface area (Å²) in [5, 5.41) is 7.93. The summed E-state index contributed by atoms with van der Waals surface area (Å²) in [5.41, 5.74) is 1.78. The Labute approximate surface area is 149 Å². The molecule has 2 aromatic heterocycles. The normalized spacial score (nSPS) is 11.1. The zero-order chi connectivity index (χ0) is 17.4. The monoisotopic (exact) mass is 399 g/mol. The summed E-state index contributed by atoms with van der Waals surface area (Å²) >= 11 is 3.38. The van der Waals surface area contributed by atoms with Crippen LogP contribution < -0.4 is 5.56 Å². The average Bonchev–Trinajstić information content (AvgIpc) is 3.05. The Balaban J connectivity index is 1.75.